The Kier molecular flexibility index (Phi) is 9.19. The largest absolute Gasteiger partial charge is 0.364 e. The summed E-state index contributed by atoms with van der Waals surface area (Å²) in [6, 6.07) is 0. The maximum Gasteiger partial charge on any atom is 0.0246 e. The van der Waals surface area contributed by atoms with E-state index in [1.165, 1.54) is 69.9 Å². The van der Waals surface area contributed by atoms with Crippen LogP contribution in [-0.2, 0) is 0 Å². The third kappa shape index (κ3) is 6.53. The van der Waals surface area contributed by atoms with Gasteiger partial charge in [0.05, 0.1) is 0 Å². The number of thioether (sulfide) groups is 1. The molecule has 1 aliphatic heterocycles. The molecule has 1 N–H and O–H groups in total. The fourth-order valence-corrected chi connectivity index (χ4v) is 3.13. The number of allylic oxidation sites excluding steroid dienone is 2. The van der Waals surface area contributed by atoms with Crippen LogP contribution in [0.25, 0.3) is 0 Å². The highest BCUT2D eigenvalue weighted by molar-refractivity contribution is 8.05. The predicted octanol–water partition coefficient (Wildman–Crippen LogP) is 5.95. The molecule has 1 rings (SSSR count). The van der Waals surface area contributed by atoms with Gasteiger partial charge in [-0.2, -0.15) is 0 Å². The van der Waals surface area contributed by atoms with E-state index in [4.69, 9.17) is 0 Å². The van der Waals surface area contributed by atoms with Gasteiger partial charge < -0.3 is 5.32 Å². The lowest BCUT2D eigenvalue weighted by atomic mass is 10.1. The Balaban J connectivity index is 2.29. The Labute approximate surface area is 118 Å². The van der Waals surface area contributed by atoms with Gasteiger partial charge in [0.1, 0.15) is 0 Å². The second-order valence-electron chi connectivity index (χ2n) is 5.09. The van der Waals surface area contributed by atoms with Gasteiger partial charge in [-0.25, -0.2) is 0 Å². The molecule has 2 heteroatoms. The van der Waals surface area contributed by atoms with Crippen molar-refractivity contribution in [1.29, 1.82) is 0 Å². The Hall–Kier alpha value is -0.370. The van der Waals surface area contributed by atoms with Crippen LogP contribution in [-0.4, -0.2) is 0 Å². The summed E-state index contributed by atoms with van der Waals surface area (Å²) in [5, 5.41) is 5.65. The van der Waals surface area contributed by atoms with Crippen molar-refractivity contribution < 1.29 is 0 Å². The summed E-state index contributed by atoms with van der Waals surface area (Å²) in [5.41, 5.74) is 1.50. The van der Waals surface area contributed by atoms with E-state index in [-0.39, 0.29) is 0 Å². The maximum absolute atomic E-state index is 3.47. The summed E-state index contributed by atoms with van der Waals surface area (Å²) in [6.07, 6.45) is 15.5. The summed E-state index contributed by atoms with van der Waals surface area (Å²) >= 11 is 1.93. The van der Waals surface area contributed by atoms with Gasteiger partial charge in [-0.1, -0.05) is 64.1 Å². The lowest BCUT2D eigenvalue weighted by molar-refractivity contribution is 0.642. The molecule has 0 aromatic rings. The van der Waals surface area contributed by atoms with Crippen molar-refractivity contribution in [2.24, 2.45) is 0 Å². The van der Waals surface area contributed by atoms with Gasteiger partial charge in [0.25, 0.3) is 0 Å². The molecular formula is C16H29NS. The van der Waals surface area contributed by atoms with Crippen LogP contribution in [0, 0.1) is 0 Å². The lowest BCUT2D eigenvalue weighted by Gasteiger charge is -2.17. The fraction of sp³-hybridized carbons (Fsp3) is 0.750. The van der Waals surface area contributed by atoms with Crippen molar-refractivity contribution in [3.63, 3.8) is 0 Å². The van der Waals surface area contributed by atoms with Crippen LogP contribution in [0.15, 0.2) is 22.2 Å². The Morgan fingerprint density at radius 3 is 2.22 bits per heavy atom. The Morgan fingerprint density at radius 1 is 0.889 bits per heavy atom. The average molecular weight is 267 g/mol. The second-order valence-corrected chi connectivity index (χ2v) is 6.09. The summed E-state index contributed by atoms with van der Waals surface area (Å²) in [5.74, 6) is 0. The van der Waals surface area contributed by atoms with Crippen molar-refractivity contribution in [1.82, 2.24) is 5.32 Å². The topological polar surface area (TPSA) is 12.0 Å². The molecule has 1 nitrogen and oxygen atoms in total. The highest BCUT2D eigenvalue weighted by Crippen LogP contribution is 2.30. The molecule has 0 amide bonds. The van der Waals surface area contributed by atoms with E-state index in [9.17, 15) is 0 Å². The normalized spacial score (nSPS) is 15.0. The smallest absolute Gasteiger partial charge is 0.0246 e. The number of hydrogen-bond donors (Lipinski definition) is 1. The summed E-state index contributed by atoms with van der Waals surface area (Å²) in [7, 11) is 0. The molecule has 1 heterocycles. The average Bonchev–Trinajstić information content (AvgIpc) is 2.41. The van der Waals surface area contributed by atoms with Crippen LogP contribution >= 0.6 is 11.8 Å². The summed E-state index contributed by atoms with van der Waals surface area (Å²) < 4.78 is 0. The molecule has 0 unspecified atom stereocenters. The van der Waals surface area contributed by atoms with E-state index >= 15 is 0 Å². The first-order valence-corrected chi connectivity index (χ1v) is 8.56. The highest BCUT2D eigenvalue weighted by atomic mass is 32.2. The Morgan fingerprint density at radius 2 is 1.56 bits per heavy atom. The van der Waals surface area contributed by atoms with Gasteiger partial charge in [-0.05, 0) is 31.1 Å². The Bertz CT molecular complexity index is 242. The van der Waals surface area contributed by atoms with E-state index in [1.54, 1.807) is 4.91 Å². The minimum atomic E-state index is 1.24. The third-order valence-corrected chi connectivity index (χ3v) is 4.42. The summed E-state index contributed by atoms with van der Waals surface area (Å²) in [6.45, 7) is 4.55. The fourth-order valence-electron chi connectivity index (χ4n) is 2.26. The van der Waals surface area contributed by atoms with Crippen molar-refractivity contribution in [3.8, 4) is 0 Å². The van der Waals surface area contributed by atoms with E-state index < -0.39 is 0 Å². The molecule has 0 radical (unpaired) electrons. The van der Waals surface area contributed by atoms with Gasteiger partial charge in [-0.15, -0.1) is 0 Å². The first-order valence-electron chi connectivity index (χ1n) is 7.68. The molecular weight excluding hydrogens is 238 g/mol. The number of nitrogens with one attached hydrogen (secondary N) is 1. The van der Waals surface area contributed by atoms with E-state index in [2.05, 4.69) is 30.8 Å². The standard InChI is InChI=1S/C16H29NS/c1-3-5-7-9-11-15-16(18-14-13-17-15)12-10-8-6-4-2/h13-14,17H,3-12H2,1-2H3. The predicted molar refractivity (Wildman–Crippen MR) is 84.4 cm³/mol. The van der Waals surface area contributed by atoms with Crippen LogP contribution in [0.5, 0.6) is 0 Å². The van der Waals surface area contributed by atoms with E-state index in [0.29, 0.717) is 0 Å². The molecule has 0 aliphatic carbocycles. The van der Waals surface area contributed by atoms with Crippen molar-refractivity contribution in [2.75, 3.05) is 0 Å². The van der Waals surface area contributed by atoms with Gasteiger partial charge in [0, 0.05) is 16.8 Å². The van der Waals surface area contributed by atoms with E-state index in [1.807, 2.05) is 11.8 Å². The first-order chi connectivity index (χ1) is 8.88. The number of rotatable bonds is 10. The van der Waals surface area contributed by atoms with Crippen molar-refractivity contribution in [2.45, 2.75) is 78.1 Å². The monoisotopic (exact) mass is 267 g/mol. The quantitative estimate of drug-likeness (QED) is 0.491. The molecule has 0 bridgehead atoms. The van der Waals surface area contributed by atoms with Gasteiger partial charge in [0.2, 0.25) is 0 Å². The molecule has 1 aliphatic rings. The molecule has 0 spiro atoms. The van der Waals surface area contributed by atoms with Crippen molar-refractivity contribution >= 4 is 11.8 Å². The van der Waals surface area contributed by atoms with Gasteiger partial charge >= 0.3 is 0 Å². The molecule has 0 aromatic heterocycles. The minimum Gasteiger partial charge on any atom is -0.364 e. The van der Waals surface area contributed by atoms with Crippen LogP contribution in [0.3, 0.4) is 0 Å². The second kappa shape index (κ2) is 10.5. The van der Waals surface area contributed by atoms with Crippen LogP contribution in [0.1, 0.15) is 78.1 Å². The van der Waals surface area contributed by atoms with Crippen LogP contribution < -0.4 is 5.32 Å². The zero-order valence-electron chi connectivity index (χ0n) is 12.1. The van der Waals surface area contributed by atoms with Crippen molar-refractivity contribution in [3.05, 3.63) is 22.2 Å². The molecule has 18 heavy (non-hydrogen) atoms. The summed E-state index contributed by atoms with van der Waals surface area (Å²) in [4.78, 5) is 1.59. The van der Waals surface area contributed by atoms with Crippen LogP contribution in [0.2, 0.25) is 0 Å². The number of hydrogen-bond acceptors (Lipinski definition) is 2. The molecule has 104 valence electrons. The molecule has 0 atom stereocenters. The van der Waals surface area contributed by atoms with E-state index in [0.717, 1.165) is 0 Å². The highest BCUT2D eigenvalue weighted by Gasteiger charge is 2.09. The molecule has 0 fully saturated rings. The zero-order chi connectivity index (χ0) is 13.1. The molecule has 0 saturated carbocycles. The molecule has 0 saturated heterocycles. The van der Waals surface area contributed by atoms with Gasteiger partial charge in [-0.3, -0.25) is 0 Å². The maximum atomic E-state index is 3.47. The van der Waals surface area contributed by atoms with Gasteiger partial charge in [0.15, 0.2) is 0 Å². The molecule has 0 aromatic carbocycles. The SMILES string of the molecule is CCCCCCC1=C(CCCCCC)SC=CN1. The first kappa shape index (κ1) is 15.7. The minimum absolute atomic E-state index is 1.24. The zero-order valence-corrected chi connectivity index (χ0v) is 13.0. The van der Waals surface area contributed by atoms with Crippen LogP contribution in [0.4, 0.5) is 0 Å². The number of unbranched alkanes of at least 4 members (excludes halogenated alkanes) is 6. The lowest BCUT2D eigenvalue weighted by Crippen LogP contribution is -2.10. The third-order valence-electron chi connectivity index (χ3n) is 3.41.